The van der Waals surface area contributed by atoms with Gasteiger partial charge in [0.05, 0.1) is 0 Å². The van der Waals surface area contributed by atoms with Crippen molar-refractivity contribution < 1.29 is 14.3 Å². The minimum Gasteiger partial charge on any atom is -0.483 e. The Balaban J connectivity index is 1.75. The lowest BCUT2D eigenvalue weighted by Gasteiger charge is -2.31. The normalized spacial score (nSPS) is 14.8. The van der Waals surface area contributed by atoms with Crippen LogP contribution in [0.1, 0.15) is 55.7 Å². The van der Waals surface area contributed by atoms with E-state index in [1.165, 1.54) is 0 Å². The Morgan fingerprint density at radius 1 is 1.06 bits per heavy atom. The highest BCUT2D eigenvalue weighted by Crippen LogP contribution is 2.22. The monoisotopic (exact) mass is 422 g/mol. The number of nitrogens with one attached hydrogen (secondary N) is 1. The Hall–Kier alpha value is -2.82. The van der Waals surface area contributed by atoms with Gasteiger partial charge in [-0.2, -0.15) is 0 Å². The Labute approximate surface area is 185 Å². The summed E-state index contributed by atoms with van der Waals surface area (Å²) in [6, 6.07) is 15.3. The quantitative estimate of drug-likeness (QED) is 0.645. The number of hydrogen-bond acceptors (Lipinski definition) is 3. The third-order valence-corrected chi connectivity index (χ3v) is 6.19. The predicted octanol–water partition coefficient (Wildman–Crippen LogP) is 4.55. The van der Waals surface area contributed by atoms with Crippen LogP contribution in [0.15, 0.2) is 48.5 Å². The van der Waals surface area contributed by atoms with Gasteiger partial charge in [-0.15, -0.1) is 0 Å². The maximum absolute atomic E-state index is 13.3. The topological polar surface area (TPSA) is 58.6 Å². The van der Waals surface area contributed by atoms with Crippen molar-refractivity contribution >= 4 is 11.8 Å². The molecule has 1 saturated carbocycles. The van der Waals surface area contributed by atoms with Crippen LogP contribution >= 0.6 is 0 Å². The fraction of sp³-hybridized carbons (Fsp3) is 0.462. The summed E-state index contributed by atoms with van der Waals surface area (Å²) in [7, 11) is 0. The van der Waals surface area contributed by atoms with Gasteiger partial charge < -0.3 is 15.0 Å². The number of nitrogens with zero attached hydrogens (tertiary/aromatic N) is 1. The van der Waals surface area contributed by atoms with Crippen LogP contribution in [0.3, 0.4) is 0 Å². The first kappa shape index (κ1) is 22.9. The zero-order valence-electron chi connectivity index (χ0n) is 18.9. The molecule has 0 spiro atoms. The van der Waals surface area contributed by atoms with Crippen molar-refractivity contribution in [2.45, 2.75) is 71.5 Å². The van der Waals surface area contributed by atoms with Crippen molar-refractivity contribution in [3.05, 3.63) is 65.2 Å². The van der Waals surface area contributed by atoms with Gasteiger partial charge in [0.25, 0.3) is 5.91 Å². The van der Waals surface area contributed by atoms with E-state index in [1.807, 2.05) is 69.3 Å². The molecule has 2 amide bonds. The second-order valence-corrected chi connectivity index (χ2v) is 8.41. The minimum absolute atomic E-state index is 0.0644. The second kappa shape index (κ2) is 11.0. The van der Waals surface area contributed by atoms with E-state index in [0.717, 1.165) is 42.4 Å². The lowest BCUT2D eigenvalue weighted by atomic mass is 10.1. The molecule has 0 unspecified atom stereocenters. The van der Waals surface area contributed by atoms with Gasteiger partial charge in [-0.1, -0.05) is 62.2 Å². The molecule has 0 radical (unpaired) electrons. The van der Waals surface area contributed by atoms with Crippen molar-refractivity contribution in [2.75, 3.05) is 6.61 Å². The summed E-state index contributed by atoms with van der Waals surface area (Å²) in [5.41, 5.74) is 3.14. The van der Waals surface area contributed by atoms with E-state index in [0.29, 0.717) is 18.7 Å². The predicted molar refractivity (Wildman–Crippen MR) is 123 cm³/mol. The standard InChI is InChI=1S/C26H34N2O3/c1-4-23(26(30)27-22-14-8-9-15-22)28(17-21-12-6-5-7-13-21)25(29)18-31-24-16-10-11-19(2)20(24)3/h5-7,10-13,16,22-23H,4,8-9,14-15,17-18H2,1-3H3,(H,27,30)/t23-/m0/s1. The molecule has 1 aliphatic carbocycles. The summed E-state index contributed by atoms with van der Waals surface area (Å²) < 4.78 is 5.88. The van der Waals surface area contributed by atoms with Crippen molar-refractivity contribution in [3.63, 3.8) is 0 Å². The summed E-state index contributed by atoms with van der Waals surface area (Å²) in [4.78, 5) is 28.0. The Morgan fingerprint density at radius 3 is 2.45 bits per heavy atom. The first-order chi connectivity index (χ1) is 15.0. The third-order valence-electron chi connectivity index (χ3n) is 6.19. The second-order valence-electron chi connectivity index (χ2n) is 8.41. The van der Waals surface area contributed by atoms with Crippen LogP contribution in [-0.4, -0.2) is 35.4 Å². The van der Waals surface area contributed by atoms with Crippen LogP contribution in [0, 0.1) is 13.8 Å². The average Bonchev–Trinajstić information content (AvgIpc) is 3.28. The molecule has 3 rings (SSSR count). The molecule has 1 fully saturated rings. The summed E-state index contributed by atoms with van der Waals surface area (Å²) in [5, 5.41) is 3.17. The fourth-order valence-electron chi connectivity index (χ4n) is 4.17. The molecule has 1 aliphatic rings. The smallest absolute Gasteiger partial charge is 0.261 e. The van der Waals surface area contributed by atoms with Crippen LogP contribution in [0.5, 0.6) is 5.75 Å². The van der Waals surface area contributed by atoms with E-state index in [1.54, 1.807) is 4.90 Å². The number of hydrogen-bond donors (Lipinski definition) is 1. The minimum atomic E-state index is -0.518. The van der Waals surface area contributed by atoms with Gasteiger partial charge in [0.15, 0.2) is 6.61 Å². The first-order valence-corrected chi connectivity index (χ1v) is 11.3. The van der Waals surface area contributed by atoms with E-state index in [-0.39, 0.29) is 24.5 Å². The third kappa shape index (κ3) is 6.09. The maximum Gasteiger partial charge on any atom is 0.261 e. The zero-order valence-corrected chi connectivity index (χ0v) is 18.9. The highest BCUT2D eigenvalue weighted by molar-refractivity contribution is 5.88. The number of amides is 2. The molecular formula is C26H34N2O3. The highest BCUT2D eigenvalue weighted by atomic mass is 16.5. The van der Waals surface area contributed by atoms with E-state index in [2.05, 4.69) is 5.32 Å². The van der Waals surface area contributed by atoms with Crippen molar-refractivity contribution in [1.82, 2.24) is 10.2 Å². The number of carbonyl (C=O) groups is 2. The van der Waals surface area contributed by atoms with Gasteiger partial charge in [-0.3, -0.25) is 9.59 Å². The van der Waals surface area contributed by atoms with Gasteiger partial charge in [-0.25, -0.2) is 0 Å². The highest BCUT2D eigenvalue weighted by Gasteiger charge is 2.30. The van der Waals surface area contributed by atoms with Gasteiger partial charge in [0.2, 0.25) is 5.91 Å². The molecule has 0 aliphatic heterocycles. The van der Waals surface area contributed by atoms with Gasteiger partial charge in [0.1, 0.15) is 11.8 Å². The molecule has 5 heteroatoms. The number of carbonyl (C=O) groups excluding carboxylic acids is 2. The van der Waals surface area contributed by atoms with Crippen LogP contribution in [0.4, 0.5) is 0 Å². The molecule has 31 heavy (non-hydrogen) atoms. The van der Waals surface area contributed by atoms with E-state index >= 15 is 0 Å². The van der Waals surface area contributed by atoms with Gasteiger partial charge >= 0.3 is 0 Å². The number of ether oxygens (including phenoxy) is 1. The van der Waals surface area contributed by atoms with Gasteiger partial charge in [-0.05, 0) is 55.9 Å². The molecular weight excluding hydrogens is 388 g/mol. The van der Waals surface area contributed by atoms with Crippen LogP contribution in [0.2, 0.25) is 0 Å². The lowest BCUT2D eigenvalue weighted by Crippen LogP contribution is -2.52. The summed E-state index contributed by atoms with van der Waals surface area (Å²) in [6.07, 6.45) is 4.89. The lowest BCUT2D eigenvalue weighted by molar-refractivity contribution is -0.143. The molecule has 166 valence electrons. The number of benzene rings is 2. The van der Waals surface area contributed by atoms with Crippen molar-refractivity contribution in [3.8, 4) is 5.75 Å². The molecule has 1 atom stereocenters. The molecule has 0 heterocycles. The SMILES string of the molecule is CC[C@@H](C(=O)NC1CCCC1)N(Cc1ccccc1)C(=O)COc1cccc(C)c1C. The molecule has 0 aromatic heterocycles. The molecule has 1 N–H and O–H groups in total. The zero-order chi connectivity index (χ0) is 22.2. The average molecular weight is 423 g/mol. The largest absolute Gasteiger partial charge is 0.483 e. The summed E-state index contributed by atoms with van der Waals surface area (Å²) in [5.74, 6) is 0.458. The van der Waals surface area contributed by atoms with E-state index in [9.17, 15) is 9.59 Å². The van der Waals surface area contributed by atoms with Crippen molar-refractivity contribution in [1.29, 1.82) is 0 Å². The van der Waals surface area contributed by atoms with Crippen LogP contribution in [0.25, 0.3) is 0 Å². The molecule has 0 saturated heterocycles. The first-order valence-electron chi connectivity index (χ1n) is 11.3. The Bertz CT molecular complexity index is 875. The van der Waals surface area contributed by atoms with E-state index in [4.69, 9.17) is 4.74 Å². The van der Waals surface area contributed by atoms with Crippen LogP contribution in [-0.2, 0) is 16.1 Å². The van der Waals surface area contributed by atoms with Crippen molar-refractivity contribution in [2.24, 2.45) is 0 Å². The molecule has 5 nitrogen and oxygen atoms in total. The maximum atomic E-state index is 13.3. The van der Waals surface area contributed by atoms with Gasteiger partial charge in [0, 0.05) is 12.6 Å². The summed E-state index contributed by atoms with van der Waals surface area (Å²) >= 11 is 0. The molecule has 2 aromatic carbocycles. The Kier molecular flexibility index (Phi) is 8.10. The van der Waals surface area contributed by atoms with Crippen LogP contribution < -0.4 is 10.1 Å². The fourth-order valence-corrected chi connectivity index (χ4v) is 4.17. The number of rotatable bonds is 9. The molecule has 0 bridgehead atoms. The number of aryl methyl sites for hydroxylation is 1. The van der Waals surface area contributed by atoms with E-state index < -0.39 is 6.04 Å². The summed E-state index contributed by atoms with van der Waals surface area (Å²) in [6.45, 7) is 6.25. The Morgan fingerprint density at radius 2 is 1.77 bits per heavy atom. The molecule has 2 aromatic rings.